The normalized spacial score (nSPS) is 15.1. The minimum atomic E-state index is -0.435. The Balaban J connectivity index is 1.27. The van der Waals surface area contributed by atoms with Gasteiger partial charge >= 0.3 is 0 Å². The first-order valence-corrected chi connectivity index (χ1v) is 14.5. The van der Waals surface area contributed by atoms with Crippen molar-refractivity contribution in [2.24, 2.45) is 0 Å². The van der Waals surface area contributed by atoms with Gasteiger partial charge in [0.05, 0.1) is 18.1 Å². The van der Waals surface area contributed by atoms with Crippen LogP contribution in [0.4, 0.5) is 10.5 Å². The summed E-state index contributed by atoms with van der Waals surface area (Å²) in [5, 5.41) is 2.87. The molecule has 3 amide bonds. The molecule has 1 N–H and O–H groups in total. The average Bonchev–Trinajstić information content (AvgIpc) is 3.52. The van der Waals surface area contributed by atoms with Crippen LogP contribution in [0.2, 0.25) is 5.02 Å². The molecule has 0 aliphatic carbocycles. The van der Waals surface area contributed by atoms with Crippen LogP contribution in [0.15, 0.2) is 59.5 Å². The molecule has 5 rings (SSSR count). The number of benzene rings is 3. The van der Waals surface area contributed by atoms with Gasteiger partial charge in [0.1, 0.15) is 0 Å². The van der Waals surface area contributed by atoms with E-state index >= 15 is 0 Å². The minimum absolute atomic E-state index is 0.00182. The van der Waals surface area contributed by atoms with Crippen LogP contribution < -0.4 is 24.3 Å². The molecule has 0 unspecified atom stereocenters. The number of para-hydroxylation sites is 1. The summed E-state index contributed by atoms with van der Waals surface area (Å²) in [6.45, 7) is 6.19. The van der Waals surface area contributed by atoms with Crippen LogP contribution in [0.5, 0.6) is 23.0 Å². The third kappa shape index (κ3) is 6.50. The number of carbonyl (C=O) groups excluding carboxylic acids is 3. The Bertz CT molecular complexity index is 1570. The maximum atomic E-state index is 13.2. The molecule has 0 atom stereocenters. The number of nitrogens with one attached hydrogen (secondary N) is 1. The Morgan fingerprint density at radius 2 is 1.83 bits per heavy atom. The monoisotopic (exact) mass is 608 g/mol. The van der Waals surface area contributed by atoms with Crippen LogP contribution in [0, 0.1) is 0 Å². The van der Waals surface area contributed by atoms with Crippen molar-refractivity contribution in [1.29, 1.82) is 0 Å². The standard InChI is InChI=1S/C31H29ClN2O7S/c1-4-38-25-11-19(9-10-24(25)39-16-29(35)33-23-8-6-5-7-21(23)18(2)3)12-28-30(36)34(31(37)42-28)15-20-13-26-27(14-22(20)32)41-17-40-26/h5-14,18H,4,15-17H2,1-3H3,(H,33,35)/b28-12-. The zero-order chi connectivity index (χ0) is 29.8. The van der Waals surface area contributed by atoms with Crippen molar-refractivity contribution in [3.63, 3.8) is 0 Å². The number of thioether (sulfide) groups is 1. The predicted octanol–water partition coefficient (Wildman–Crippen LogP) is 6.84. The molecule has 218 valence electrons. The van der Waals surface area contributed by atoms with Crippen LogP contribution in [0.25, 0.3) is 6.08 Å². The Hall–Kier alpha value is -4.15. The van der Waals surface area contributed by atoms with Crippen molar-refractivity contribution in [3.05, 3.63) is 81.2 Å². The lowest BCUT2D eigenvalue weighted by atomic mass is 10.0. The summed E-state index contributed by atoms with van der Waals surface area (Å²) in [5.74, 6) is 1.34. The van der Waals surface area contributed by atoms with E-state index in [2.05, 4.69) is 19.2 Å². The highest BCUT2D eigenvalue weighted by Gasteiger charge is 2.36. The fourth-order valence-corrected chi connectivity index (χ4v) is 5.54. The van der Waals surface area contributed by atoms with Crippen molar-refractivity contribution in [1.82, 2.24) is 4.90 Å². The smallest absolute Gasteiger partial charge is 0.293 e. The van der Waals surface area contributed by atoms with E-state index in [1.165, 1.54) is 0 Å². The lowest BCUT2D eigenvalue weighted by molar-refractivity contribution is -0.123. The second kappa shape index (κ2) is 12.8. The molecule has 2 aliphatic heterocycles. The molecule has 2 heterocycles. The van der Waals surface area contributed by atoms with E-state index in [1.807, 2.05) is 31.2 Å². The largest absolute Gasteiger partial charge is 0.490 e. The van der Waals surface area contributed by atoms with Gasteiger partial charge in [-0.05, 0) is 71.6 Å². The second-order valence-corrected chi connectivity index (χ2v) is 11.2. The summed E-state index contributed by atoms with van der Waals surface area (Å²) in [6, 6.07) is 16.0. The number of hydrogen-bond acceptors (Lipinski definition) is 8. The molecule has 3 aromatic carbocycles. The third-order valence-corrected chi connectivity index (χ3v) is 7.78. The quantitative estimate of drug-likeness (QED) is 0.249. The highest BCUT2D eigenvalue weighted by atomic mass is 35.5. The fourth-order valence-electron chi connectivity index (χ4n) is 4.48. The van der Waals surface area contributed by atoms with Gasteiger partial charge in [-0.3, -0.25) is 19.3 Å². The number of ether oxygens (including phenoxy) is 4. The van der Waals surface area contributed by atoms with Gasteiger partial charge in [-0.15, -0.1) is 0 Å². The number of rotatable bonds is 10. The molecule has 2 aliphatic rings. The number of hydrogen-bond donors (Lipinski definition) is 1. The summed E-state index contributed by atoms with van der Waals surface area (Å²) in [7, 11) is 0. The first kappa shape index (κ1) is 29.3. The van der Waals surface area contributed by atoms with Gasteiger partial charge in [0, 0.05) is 16.8 Å². The van der Waals surface area contributed by atoms with Gasteiger partial charge in [-0.1, -0.05) is 49.7 Å². The van der Waals surface area contributed by atoms with E-state index in [0.717, 1.165) is 27.9 Å². The topological polar surface area (TPSA) is 103 Å². The molecular weight excluding hydrogens is 580 g/mol. The van der Waals surface area contributed by atoms with Crippen LogP contribution in [-0.4, -0.2) is 42.0 Å². The second-order valence-electron chi connectivity index (χ2n) is 9.78. The highest BCUT2D eigenvalue weighted by molar-refractivity contribution is 8.18. The van der Waals surface area contributed by atoms with Gasteiger partial charge in [-0.25, -0.2) is 0 Å². The van der Waals surface area contributed by atoms with Gasteiger partial charge in [0.15, 0.2) is 29.6 Å². The first-order chi connectivity index (χ1) is 20.2. The third-order valence-electron chi connectivity index (χ3n) is 6.52. The Kier molecular flexibility index (Phi) is 8.94. The lowest BCUT2D eigenvalue weighted by Gasteiger charge is -2.15. The minimum Gasteiger partial charge on any atom is -0.490 e. The number of carbonyl (C=O) groups is 3. The summed E-state index contributed by atoms with van der Waals surface area (Å²) < 4.78 is 22.3. The van der Waals surface area contributed by atoms with Crippen molar-refractivity contribution in [2.75, 3.05) is 25.3 Å². The Morgan fingerprint density at radius 1 is 1.07 bits per heavy atom. The van der Waals surface area contributed by atoms with E-state index < -0.39 is 11.1 Å². The molecule has 11 heteroatoms. The molecule has 1 saturated heterocycles. The van der Waals surface area contributed by atoms with E-state index in [1.54, 1.807) is 36.4 Å². The van der Waals surface area contributed by atoms with E-state index in [0.29, 0.717) is 45.8 Å². The lowest BCUT2D eigenvalue weighted by Crippen LogP contribution is -2.27. The van der Waals surface area contributed by atoms with E-state index in [4.69, 9.17) is 30.5 Å². The number of halogens is 1. The van der Waals surface area contributed by atoms with Crippen molar-refractivity contribution in [3.8, 4) is 23.0 Å². The number of imide groups is 1. The van der Waals surface area contributed by atoms with Crippen LogP contribution in [-0.2, 0) is 16.1 Å². The molecule has 1 fully saturated rings. The number of fused-ring (bicyclic) bond motifs is 1. The van der Waals surface area contributed by atoms with E-state index in [-0.39, 0.29) is 36.7 Å². The zero-order valence-corrected chi connectivity index (χ0v) is 24.8. The zero-order valence-electron chi connectivity index (χ0n) is 23.3. The average molecular weight is 609 g/mol. The van der Waals surface area contributed by atoms with Gasteiger partial charge in [-0.2, -0.15) is 0 Å². The van der Waals surface area contributed by atoms with Crippen molar-refractivity contribution >= 4 is 52.2 Å². The molecule has 0 spiro atoms. The summed E-state index contributed by atoms with van der Waals surface area (Å²) >= 11 is 7.20. The van der Waals surface area contributed by atoms with Crippen molar-refractivity contribution in [2.45, 2.75) is 33.2 Å². The molecule has 42 heavy (non-hydrogen) atoms. The molecule has 3 aromatic rings. The molecule has 0 aromatic heterocycles. The maximum Gasteiger partial charge on any atom is 0.293 e. The van der Waals surface area contributed by atoms with Crippen molar-refractivity contribution < 1.29 is 33.3 Å². The van der Waals surface area contributed by atoms with Crippen LogP contribution in [0.3, 0.4) is 0 Å². The molecular formula is C31H29ClN2O7S. The molecule has 0 bridgehead atoms. The fraction of sp³-hybridized carbons (Fsp3) is 0.258. The molecule has 9 nitrogen and oxygen atoms in total. The molecule has 0 saturated carbocycles. The number of anilines is 1. The van der Waals surface area contributed by atoms with Gasteiger partial charge in [0.2, 0.25) is 6.79 Å². The molecule has 0 radical (unpaired) electrons. The van der Waals surface area contributed by atoms with Crippen LogP contribution in [0.1, 0.15) is 43.4 Å². The number of amides is 3. The van der Waals surface area contributed by atoms with E-state index in [9.17, 15) is 14.4 Å². The van der Waals surface area contributed by atoms with Gasteiger partial charge < -0.3 is 24.3 Å². The summed E-state index contributed by atoms with van der Waals surface area (Å²) in [4.78, 5) is 39.9. The summed E-state index contributed by atoms with van der Waals surface area (Å²) in [5.41, 5.74) is 2.99. The van der Waals surface area contributed by atoms with Crippen LogP contribution >= 0.6 is 23.4 Å². The number of nitrogens with zero attached hydrogens (tertiary/aromatic N) is 1. The highest BCUT2D eigenvalue weighted by Crippen LogP contribution is 2.40. The predicted molar refractivity (Wildman–Crippen MR) is 161 cm³/mol. The SMILES string of the molecule is CCOc1cc(/C=C2\SC(=O)N(Cc3cc4c(cc3Cl)OCO4)C2=O)ccc1OCC(=O)Nc1ccccc1C(C)C. The summed E-state index contributed by atoms with van der Waals surface area (Å²) in [6.07, 6.45) is 1.62. The van der Waals surface area contributed by atoms with Gasteiger partial charge in [0.25, 0.3) is 17.1 Å². The Labute approximate surface area is 252 Å². The first-order valence-electron chi connectivity index (χ1n) is 13.3. The maximum absolute atomic E-state index is 13.2. The Morgan fingerprint density at radius 3 is 2.60 bits per heavy atom.